The molecule has 7 heteroatoms. The Morgan fingerprint density at radius 1 is 1.43 bits per heavy atom. The van der Waals surface area contributed by atoms with Crippen LogP contribution < -0.4 is 10.1 Å². The predicted octanol–water partition coefficient (Wildman–Crippen LogP) is 2.13. The molecule has 1 heterocycles. The average molecular weight is 293 g/mol. The maximum absolute atomic E-state index is 11.8. The highest BCUT2D eigenvalue weighted by molar-refractivity contribution is 5.78. The molecule has 0 radical (unpaired) electrons. The number of aromatic nitrogens is 1. The third kappa shape index (κ3) is 4.40. The number of pyridine rings is 1. The molecular weight excluding hydrogens is 274 g/mol. The van der Waals surface area contributed by atoms with Crippen molar-refractivity contribution in [2.24, 2.45) is 0 Å². The van der Waals surface area contributed by atoms with Gasteiger partial charge in [0.25, 0.3) is 5.91 Å². The highest BCUT2D eigenvalue weighted by Gasteiger charge is 2.20. The number of amides is 1. The minimum atomic E-state index is -0.610. The third-order valence-electron chi connectivity index (χ3n) is 3.48. The van der Waals surface area contributed by atoms with Gasteiger partial charge in [-0.2, -0.15) is 0 Å². The highest BCUT2D eigenvalue weighted by Crippen LogP contribution is 2.24. The van der Waals surface area contributed by atoms with Crippen molar-refractivity contribution in [2.45, 2.75) is 45.1 Å². The number of hydrogen-bond donors (Lipinski definition) is 1. The van der Waals surface area contributed by atoms with Crippen molar-refractivity contribution in [2.75, 3.05) is 6.61 Å². The monoisotopic (exact) mass is 293 g/mol. The standard InChI is InChI=1S/C14H19N3O4/c1-10-7-8-12(14(15-10)17(19)20)21-9-13(18)16-11-5-3-2-4-6-11/h7-8,11H,2-6,9H2,1H3,(H,16,18). The summed E-state index contributed by atoms with van der Waals surface area (Å²) in [5.74, 6) is -0.596. The molecule has 1 fully saturated rings. The normalized spacial score (nSPS) is 15.5. The average Bonchev–Trinajstić information content (AvgIpc) is 2.47. The summed E-state index contributed by atoms with van der Waals surface area (Å²) in [5, 5.41) is 13.8. The molecule has 1 aromatic rings. The number of hydrogen-bond acceptors (Lipinski definition) is 5. The van der Waals surface area contributed by atoms with Crippen LogP contribution in [0.1, 0.15) is 37.8 Å². The topological polar surface area (TPSA) is 94.4 Å². The van der Waals surface area contributed by atoms with Gasteiger partial charge >= 0.3 is 5.82 Å². The van der Waals surface area contributed by atoms with E-state index in [0.717, 1.165) is 25.7 Å². The molecular formula is C14H19N3O4. The van der Waals surface area contributed by atoms with Crippen LogP contribution in [0.5, 0.6) is 5.75 Å². The first kappa shape index (κ1) is 15.2. The van der Waals surface area contributed by atoms with Gasteiger partial charge in [0.1, 0.15) is 5.69 Å². The molecule has 0 saturated heterocycles. The van der Waals surface area contributed by atoms with Crippen LogP contribution >= 0.6 is 0 Å². The van der Waals surface area contributed by atoms with E-state index in [9.17, 15) is 14.9 Å². The summed E-state index contributed by atoms with van der Waals surface area (Å²) in [6.07, 6.45) is 5.43. The van der Waals surface area contributed by atoms with Crippen LogP contribution in [-0.4, -0.2) is 28.5 Å². The Kier molecular flexibility index (Phi) is 5.08. The van der Waals surface area contributed by atoms with Gasteiger partial charge in [0.2, 0.25) is 5.75 Å². The molecule has 7 nitrogen and oxygen atoms in total. The zero-order chi connectivity index (χ0) is 15.2. The van der Waals surface area contributed by atoms with E-state index in [1.54, 1.807) is 13.0 Å². The molecule has 1 amide bonds. The Morgan fingerprint density at radius 3 is 2.81 bits per heavy atom. The molecule has 0 atom stereocenters. The first-order valence-corrected chi connectivity index (χ1v) is 7.10. The van der Waals surface area contributed by atoms with Crippen LogP contribution in [0.25, 0.3) is 0 Å². The fourth-order valence-corrected chi connectivity index (χ4v) is 2.43. The number of carbonyl (C=O) groups is 1. The Labute approximate surface area is 122 Å². The van der Waals surface area contributed by atoms with Crippen LogP contribution in [0.4, 0.5) is 5.82 Å². The van der Waals surface area contributed by atoms with Gasteiger partial charge in [-0.15, -0.1) is 0 Å². The van der Waals surface area contributed by atoms with Crippen molar-refractivity contribution >= 4 is 11.7 Å². The first-order chi connectivity index (χ1) is 10.1. The van der Waals surface area contributed by atoms with Crippen molar-refractivity contribution in [1.29, 1.82) is 0 Å². The van der Waals surface area contributed by atoms with Gasteiger partial charge < -0.3 is 20.2 Å². The van der Waals surface area contributed by atoms with Crippen LogP contribution in [0, 0.1) is 17.0 Å². The Hall–Kier alpha value is -2.18. The van der Waals surface area contributed by atoms with E-state index in [2.05, 4.69) is 10.3 Å². The number of nitro groups is 1. The SMILES string of the molecule is Cc1ccc(OCC(=O)NC2CCCCC2)c([N+](=O)[O-])n1. The maximum Gasteiger partial charge on any atom is 0.406 e. The molecule has 0 bridgehead atoms. The lowest BCUT2D eigenvalue weighted by atomic mass is 9.95. The minimum absolute atomic E-state index is 0.0180. The van der Waals surface area contributed by atoms with Crippen LogP contribution in [0.15, 0.2) is 12.1 Å². The number of carbonyl (C=O) groups excluding carboxylic acids is 1. The zero-order valence-electron chi connectivity index (χ0n) is 12.0. The van der Waals surface area contributed by atoms with E-state index >= 15 is 0 Å². The highest BCUT2D eigenvalue weighted by atomic mass is 16.6. The fraction of sp³-hybridized carbons (Fsp3) is 0.571. The van der Waals surface area contributed by atoms with Crippen LogP contribution in [0.3, 0.4) is 0 Å². The fourth-order valence-electron chi connectivity index (χ4n) is 2.43. The van der Waals surface area contributed by atoms with E-state index in [4.69, 9.17) is 4.74 Å². The third-order valence-corrected chi connectivity index (χ3v) is 3.48. The number of nitrogens with zero attached hydrogens (tertiary/aromatic N) is 2. The molecule has 0 unspecified atom stereocenters. The van der Waals surface area contributed by atoms with E-state index < -0.39 is 4.92 Å². The molecule has 0 spiro atoms. The smallest absolute Gasteiger partial charge is 0.406 e. The number of rotatable bonds is 5. The lowest BCUT2D eigenvalue weighted by Gasteiger charge is -2.22. The maximum atomic E-state index is 11.8. The van der Waals surface area contributed by atoms with Crippen molar-refractivity contribution in [3.8, 4) is 5.75 Å². The van der Waals surface area contributed by atoms with Crippen LogP contribution in [-0.2, 0) is 4.79 Å². The molecule has 2 rings (SSSR count). The predicted molar refractivity (Wildman–Crippen MR) is 76.1 cm³/mol. The van der Waals surface area contributed by atoms with Crippen LogP contribution in [0.2, 0.25) is 0 Å². The molecule has 1 aromatic heterocycles. The lowest BCUT2D eigenvalue weighted by molar-refractivity contribution is -0.390. The molecule has 1 aliphatic rings. The largest absolute Gasteiger partial charge is 0.476 e. The van der Waals surface area contributed by atoms with E-state index in [0.29, 0.717) is 5.69 Å². The number of ether oxygens (including phenoxy) is 1. The second kappa shape index (κ2) is 7.01. The minimum Gasteiger partial charge on any atom is -0.476 e. The van der Waals surface area contributed by atoms with Gasteiger partial charge in [-0.05, 0) is 34.9 Å². The van der Waals surface area contributed by atoms with Crippen molar-refractivity contribution < 1.29 is 14.5 Å². The molecule has 1 N–H and O–H groups in total. The van der Waals surface area contributed by atoms with E-state index in [-0.39, 0.29) is 30.1 Å². The number of nitrogens with one attached hydrogen (secondary N) is 1. The van der Waals surface area contributed by atoms with Crippen molar-refractivity contribution in [1.82, 2.24) is 10.3 Å². The molecule has 21 heavy (non-hydrogen) atoms. The first-order valence-electron chi connectivity index (χ1n) is 7.10. The van der Waals surface area contributed by atoms with Gasteiger partial charge in [0.15, 0.2) is 6.61 Å². The zero-order valence-corrected chi connectivity index (χ0v) is 12.0. The summed E-state index contributed by atoms with van der Waals surface area (Å²) in [6, 6.07) is 3.27. The lowest BCUT2D eigenvalue weighted by Crippen LogP contribution is -2.39. The molecule has 1 saturated carbocycles. The summed E-state index contributed by atoms with van der Waals surface area (Å²) in [5.41, 5.74) is 0.528. The molecule has 0 aromatic carbocycles. The molecule has 1 aliphatic carbocycles. The number of aryl methyl sites for hydroxylation is 1. The summed E-state index contributed by atoms with van der Waals surface area (Å²) in [6.45, 7) is 1.43. The van der Waals surface area contributed by atoms with E-state index in [1.165, 1.54) is 12.5 Å². The van der Waals surface area contributed by atoms with Gasteiger partial charge in [-0.1, -0.05) is 19.3 Å². The van der Waals surface area contributed by atoms with Gasteiger partial charge in [0, 0.05) is 13.0 Å². The Morgan fingerprint density at radius 2 is 2.14 bits per heavy atom. The Bertz CT molecular complexity index is 527. The van der Waals surface area contributed by atoms with Crippen molar-refractivity contribution in [3.63, 3.8) is 0 Å². The molecule has 0 aliphatic heterocycles. The van der Waals surface area contributed by atoms with Crippen molar-refractivity contribution in [3.05, 3.63) is 27.9 Å². The summed E-state index contributed by atoms with van der Waals surface area (Å²) >= 11 is 0. The quantitative estimate of drug-likeness (QED) is 0.663. The van der Waals surface area contributed by atoms with Gasteiger partial charge in [-0.25, -0.2) is 0 Å². The summed E-state index contributed by atoms with van der Waals surface area (Å²) in [7, 11) is 0. The second-order valence-electron chi connectivity index (χ2n) is 5.22. The second-order valence-corrected chi connectivity index (χ2v) is 5.22. The van der Waals surface area contributed by atoms with Gasteiger partial charge in [-0.3, -0.25) is 4.79 Å². The molecule has 114 valence electrons. The van der Waals surface area contributed by atoms with E-state index in [1.807, 2.05) is 0 Å². The van der Waals surface area contributed by atoms with Gasteiger partial charge in [0.05, 0.1) is 0 Å². The summed E-state index contributed by atoms with van der Waals surface area (Å²) in [4.78, 5) is 25.9. The Balaban J connectivity index is 1.90. The summed E-state index contributed by atoms with van der Waals surface area (Å²) < 4.78 is 5.24.